The Balaban J connectivity index is 1.36. The average Bonchev–Trinajstić information content (AvgIpc) is 3.22. The van der Waals surface area contributed by atoms with E-state index in [9.17, 15) is 17.6 Å². The van der Waals surface area contributed by atoms with E-state index in [1.807, 2.05) is 12.1 Å². The van der Waals surface area contributed by atoms with Crippen molar-refractivity contribution < 1.29 is 17.6 Å². The van der Waals surface area contributed by atoms with Crippen LogP contribution in [0.2, 0.25) is 5.02 Å². The third-order valence-electron chi connectivity index (χ3n) is 5.49. The van der Waals surface area contributed by atoms with E-state index in [1.54, 1.807) is 29.1 Å². The van der Waals surface area contributed by atoms with E-state index in [0.29, 0.717) is 30.2 Å². The van der Waals surface area contributed by atoms with Crippen molar-refractivity contribution in [3.8, 4) is 0 Å². The monoisotopic (exact) mass is 476 g/mol. The number of aromatic nitrogens is 2. The molecule has 3 aromatic rings. The van der Waals surface area contributed by atoms with Crippen molar-refractivity contribution in [2.45, 2.75) is 24.3 Å². The number of rotatable bonds is 6. The van der Waals surface area contributed by atoms with Crippen molar-refractivity contribution in [3.63, 3.8) is 0 Å². The normalized spacial score (nSPS) is 15.6. The Hall–Kier alpha value is -2.75. The van der Waals surface area contributed by atoms with Gasteiger partial charge in [-0.25, -0.2) is 17.5 Å². The molecule has 0 atom stereocenters. The van der Waals surface area contributed by atoms with Gasteiger partial charge in [0, 0.05) is 30.1 Å². The number of carbonyl (C=O) groups is 1. The van der Waals surface area contributed by atoms with Gasteiger partial charge >= 0.3 is 0 Å². The minimum atomic E-state index is -3.71. The van der Waals surface area contributed by atoms with Crippen LogP contribution in [-0.4, -0.2) is 41.5 Å². The van der Waals surface area contributed by atoms with Gasteiger partial charge in [0.1, 0.15) is 11.6 Å². The number of halogens is 2. The molecular formula is C22H22ClFN4O3S. The summed E-state index contributed by atoms with van der Waals surface area (Å²) in [6.07, 6.45) is 2.42. The largest absolute Gasteiger partial charge is 0.311 e. The zero-order valence-electron chi connectivity index (χ0n) is 17.1. The fourth-order valence-electron chi connectivity index (χ4n) is 3.67. The van der Waals surface area contributed by atoms with Crippen LogP contribution in [0.15, 0.2) is 65.7 Å². The zero-order valence-corrected chi connectivity index (χ0v) is 18.7. The molecule has 0 aliphatic carbocycles. The minimum absolute atomic E-state index is 0.0490. The Bertz CT molecular complexity index is 1190. The molecule has 0 saturated carbocycles. The topological polar surface area (TPSA) is 84.3 Å². The summed E-state index contributed by atoms with van der Waals surface area (Å²) in [5, 5.41) is 7.83. The van der Waals surface area contributed by atoms with Crippen LogP contribution in [0.3, 0.4) is 0 Å². The fraction of sp³-hybridized carbons (Fsp3) is 0.273. The van der Waals surface area contributed by atoms with Gasteiger partial charge in [-0.2, -0.15) is 9.40 Å². The summed E-state index contributed by atoms with van der Waals surface area (Å²) in [7, 11) is -3.71. The van der Waals surface area contributed by atoms with Gasteiger partial charge in [-0.15, -0.1) is 0 Å². The molecule has 1 amide bonds. The van der Waals surface area contributed by atoms with Gasteiger partial charge < -0.3 is 5.32 Å². The standard InChI is InChI=1S/C22H22ClFN4O3S/c23-18-3-1-16(2-4-18)15-28-21(9-12-25-28)26-22(29)17-10-13-27(14-11-17)32(30,31)20-7-5-19(24)6-8-20/h1-9,12,17H,10-11,13-15H2,(H,26,29). The van der Waals surface area contributed by atoms with Crippen molar-refractivity contribution in [2.24, 2.45) is 5.92 Å². The van der Waals surface area contributed by atoms with Gasteiger partial charge in [0.05, 0.1) is 17.6 Å². The molecule has 0 spiro atoms. The lowest BCUT2D eigenvalue weighted by Crippen LogP contribution is -2.41. The van der Waals surface area contributed by atoms with Crippen molar-refractivity contribution in [1.82, 2.24) is 14.1 Å². The fourth-order valence-corrected chi connectivity index (χ4v) is 5.27. The molecule has 168 valence electrons. The van der Waals surface area contributed by atoms with E-state index in [-0.39, 0.29) is 29.8 Å². The van der Waals surface area contributed by atoms with Gasteiger partial charge in [-0.1, -0.05) is 23.7 Å². The molecular weight excluding hydrogens is 455 g/mol. The predicted molar refractivity (Wildman–Crippen MR) is 119 cm³/mol. The molecule has 0 unspecified atom stereocenters. The highest BCUT2D eigenvalue weighted by molar-refractivity contribution is 7.89. The van der Waals surface area contributed by atoms with Crippen LogP contribution in [-0.2, 0) is 21.4 Å². The second-order valence-corrected chi connectivity index (χ2v) is 10.00. The van der Waals surface area contributed by atoms with E-state index in [2.05, 4.69) is 10.4 Å². The van der Waals surface area contributed by atoms with Crippen molar-refractivity contribution in [1.29, 1.82) is 0 Å². The third-order valence-corrected chi connectivity index (χ3v) is 7.65. The first-order chi connectivity index (χ1) is 15.3. The highest BCUT2D eigenvalue weighted by atomic mass is 35.5. The van der Waals surface area contributed by atoms with E-state index >= 15 is 0 Å². The molecule has 7 nitrogen and oxygen atoms in total. The first-order valence-electron chi connectivity index (χ1n) is 10.2. The van der Waals surface area contributed by atoms with Crippen LogP contribution < -0.4 is 5.32 Å². The summed E-state index contributed by atoms with van der Waals surface area (Å²) in [5.41, 5.74) is 0.993. The summed E-state index contributed by atoms with van der Waals surface area (Å²) in [6.45, 7) is 0.928. The number of nitrogens with zero attached hydrogens (tertiary/aromatic N) is 3. The Morgan fingerprint density at radius 2 is 1.72 bits per heavy atom. The van der Waals surface area contributed by atoms with Crippen LogP contribution in [0.5, 0.6) is 0 Å². The van der Waals surface area contributed by atoms with Gasteiger partial charge in [0.2, 0.25) is 15.9 Å². The Labute approximate surface area is 190 Å². The van der Waals surface area contributed by atoms with E-state index in [0.717, 1.165) is 17.7 Å². The van der Waals surface area contributed by atoms with Gasteiger partial charge in [0.15, 0.2) is 0 Å². The molecule has 2 heterocycles. The molecule has 0 radical (unpaired) electrons. The molecule has 1 aliphatic heterocycles. The number of sulfonamides is 1. The summed E-state index contributed by atoms with van der Waals surface area (Å²) < 4.78 is 41.7. The number of hydrogen-bond donors (Lipinski definition) is 1. The molecule has 0 bridgehead atoms. The predicted octanol–water partition coefficient (Wildman–Crippen LogP) is 3.76. The van der Waals surface area contributed by atoms with Crippen LogP contribution in [0.1, 0.15) is 18.4 Å². The maximum atomic E-state index is 13.1. The lowest BCUT2D eigenvalue weighted by molar-refractivity contribution is -0.121. The summed E-state index contributed by atoms with van der Waals surface area (Å²) in [5.74, 6) is -0.392. The lowest BCUT2D eigenvalue weighted by Gasteiger charge is -2.30. The number of anilines is 1. The second-order valence-electron chi connectivity index (χ2n) is 7.62. The number of amides is 1. The molecule has 1 aliphatic rings. The number of benzene rings is 2. The van der Waals surface area contributed by atoms with Crippen LogP contribution >= 0.6 is 11.6 Å². The second kappa shape index (κ2) is 9.40. The summed E-state index contributed by atoms with van der Waals surface area (Å²) in [6, 6.07) is 13.9. The molecule has 4 rings (SSSR count). The van der Waals surface area contributed by atoms with E-state index in [1.165, 1.54) is 16.4 Å². The van der Waals surface area contributed by atoms with Gasteiger partial charge in [-0.05, 0) is 54.8 Å². The molecule has 32 heavy (non-hydrogen) atoms. The Kier molecular flexibility index (Phi) is 6.59. The summed E-state index contributed by atoms with van der Waals surface area (Å²) >= 11 is 5.92. The third kappa shape index (κ3) is 5.01. The number of piperidine rings is 1. The molecule has 1 aromatic heterocycles. The maximum absolute atomic E-state index is 13.1. The molecule has 2 aromatic carbocycles. The first kappa shape index (κ1) is 22.4. The molecule has 1 N–H and O–H groups in total. The van der Waals surface area contributed by atoms with E-state index < -0.39 is 15.8 Å². The van der Waals surface area contributed by atoms with Crippen LogP contribution in [0.4, 0.5) is 10.2 Å². The quantitative estimate of drug-likeness (QED) is 0.587. The highest BCUT2D eigenvalue weighted by Crippen LogP contribution is 2.25. The zero-order chi connectivity index (χ0) is 22.7. The molecule has 1 fully saturated rings. The Morgan fingerprint density at radius 3 is 2.38 bits per heavy atom. The van der Waals surface area contributed by atoms with Gasteiger partial charge in [-0.3, -0.25) is 4.79 Å². The SMILES string of the molecule is O=C(Nc1ccnn1Cc1ccc(Cl)cc1)C1CCN(S(=O)(=O)c2ccc(F)cc2)CC1. The average molecular weight is 477 g/mol. The molecule has 1 saturated heterocycles. The number of carbonyl (C=O) groups excluding carboxylic acids is 1. The van der Waals surface area contributed by atoms with Crippen LogP contribution in [0.25, 0.3) is 0 Å². The van der Waals surface area contributed by atoms with Crippen molar-refractivity contribution >= 4 is 33.3 Å². The Morgan fingerprint density at radius 1 is 1.06 bits per heavy atom. The maximum Gasteiger partial charge on any atom is 0.243 e. The van der Waals surface area contributed by atoms with Crippen molar-refractivity contribution in [2.75, 3.05) is 18.4 Å². The molecule has 10 heteroatoms. The first-order valence-corrected chi connectivity index (χ1v) is 12.0. The van der Waals surface area contributed by atoms with Gasteiger partial charge in [0.25, 0.3) is 0 Å². The highest BCUT2D eigenvalue weighted by Gasteiger charge is 2.32. The lowest BCUT2D eigenvalue weighted by atomic mass is 9.97. The minimum Gasteiger partial charge on any atom is -0.311 e. The summed E-state index contributed by atoms with van der Waals surface area (Å²) in [4.78, 5) is 12.8. The van der Waals surface area contributed by atoms with E-state index in [4.69, 9.17) is 11.6 Å². The van der Waals surface area contributed by atoms with Crippen molar-refractivity contribution in [3.05, 3.63) is 77.2 Å². The number of hydrogen-bond acceptors (Lipinski definition) is 4. The number of nitrogens with one attached hydrogen (secondary N) is 1. The smallest absolute Gasteiger partial charge is 0.243 e. The van der Waals surface area contributed by atoms with Crippen LogP contribution in [0, 0.1) is 11.7 Å².